The smallest absolute Gasteiger partial charge is 0.261 e. The van der Waals surface area contributed by atoms with Crippen molar-refractivity contribution in [2.45, 2.75) is 25.2 Å². The Bertz CT molecular complexity index is 782. The highest BCUT2D eigenvalue weighted by Crippen LogP contribution is 2.24. The lowest BCUT2D eigenvalue weighted by Crippen LogP contribution is -2.29. The average molecular weight is 356 g/mol. The second kappa shape index (κ2) is 8.50. The van der Waals surface area contributed by atoms with E-state index in [4.69, 9.17) is 5.41 Å². The quantitative estimate of drug-likeness (QED) is 0.419. The molecule has 0 radical (unpaired) electrons. The second-order valence-electron chi connectivity index (χ2n) is 5.37. The molecule has 2 aromatic rings. The Morgan fingerprint density at radius 3 is 2.24 bits per heavy atom. The molecule has 0 aliphatic carbocycles. The van der Waals surface area contributed by atoms with Crippen molar-refractivity contribution < 1.29 is 14.5 Å². The molecule has 0 spiro atoms. The first-order chi connectivity index (χ1) is 11.9. The van der Waals surface area contributed by atoms with Gasteiger partial charge in [-0.3, -0.25) is 10.2 Å². The van der Waals surface area contributed by atoms with Crippen LogP contribution in [0.15, 0.2) is 65.3 Å². The van der Waals surface area contributed by atoms with E-state index >= 15 is 0 Å². The van der Waals surface area contributed by atoms with Gasteiger partial charge >= 0.3 is 0 Å². The summed E-state index contributed by atoms with van der Waals surface area (Å²) in [4.78, 5) is 11.8. The number of benzene rings is 2. The van der Waals surface area contributed by atoms with Crippen LogP contribution in [0.4, 0.5) is 0 Å². The third kappa shape index (κ3) is 4.71. The molecular weight excluding hydrogens is 336 g/mol. The number of aliphatic hydroxyl groups is 1. The maximum Gasteiger partial charge on any atom is 0.261 e. The first-order valence-electron chi connectivity index (χ1n) is 7.80. The van der Waals surface area contributed by atoms with Crippen molar-refractivity contribution in [1.29, 1.82) is 5.41 Å². The Kier molecular flexibility index (Phi) is 6.38. The van der Waals surface area contributed by atoms with Crippen LogP contribution < -0.4 is 4.72 Å². The number of allylic oxidation sites excluding steroid dienone is 2. The lowest BCUT2D eigenvalue weighted by molar-refractivity contribution is -0.119. The van der Waals surface area contributed by atoms with Crippen LogP contribution in [0.2, 0.25) is 0 Å². The largest absolute Gasteiger partial charge is 0.588 e. The molecule has 0 saturated heterocycles. The van der Waals surface area contributed by atoms with Gasteiger partial charge in [-0.25, -0.2) is 0 Å². The van der Waals surface area contributed by atoms with E-state index in [0.717, 1.165) is 0 Å². The Hall–Kier alpha value is -2.57. The molecule has 2 aromatic carbocycles. The van der Waals surface area contributed by atoms with Gasteiger partial charge in [0.15, 0.2) is 4.90 Å². The molecule has 1 amide bonds. The number of carbonyl (C=O) groups excluding carboxylic acids is 1. The first-order valence-corrected chi connectivity index (χ1v) is 8.95. The summed E-state index contributed by atoms with van der Waals surface area (Å²) in [6.45, 7) is 3.21. The fourth-order valence-corrected chi connectivity index (χ4v) is 3.12. The highest BCUT2D eigenvalue weighted by atomic mass is 32.2. The van der Waals surface area contributed by atoms with Gasteiger partial charge in [-0.1, -0.05) is 37.3 Å². The third-order valence-corrected chi connectivity index (χ3v) is 4.67. The molecule has 130 valence electrons. The zero-order valence-corrected chi connectivity index (χ0v) is 14.9. The zero-order chi connectivity index (χ0) is 18.4. The van der Waals surface area contributed by atoms with Crippen LogP contribution >= 0.6 is 0 Å². The fraction of sp³-hybridized carbons (Fsp3) is 0.158. The van der Waals surface area contributed by atoms with Crippen LogP contribution in [0.25, 0.3) is 5.57 Å². The molecule has 5 nitrogen and oxygen atoms in total. The first kappa shape index (κ1) is 18.8. The molecule has 1 unspecified atom stereocenters. The summed E-state index contributed by atoms with van der Waals surface area (Å²) in [6, 6.07) is 15.7. The van der Waals surface area contributed by atoms with Crippen LogP contribution in [0.5, 0.6) is 0 Å². The summed E-state index contributed by atoms with van der Waals surface area (Å²) in [7, 11) is 0. The van der Waals surface area contributed by atoms with Crippen LogP contribution in [-0.2, 0) is 16.2 Å². The van der Waals surface area contributed by atoms with Crippen molar-refractivity contribution in [1.82, 2.24) is 4.72 Å². The summed E-state index contributed by atoms with van der Waals surface area (Å²) in [5, 5.41) is 18.4. The van der Waals surface area contributed by atoms with E-state index in [2.05, 4.69) is 4.72 Å². The minimum Gasteiger partial charge on any atom is -0.588 e. The summed E-state index contributed by atoms with van der Waals surface area (Å²) in [5.74, 6) is -0.262. The van der Waals surface area contributed by atoms with Gasteiger partial charge in [-0.2, -0.15) is 4.72 Å². The molecule has 3 N–H and O–H groups in total. The van der Waals surface area contributed by atoms with Gasteiger partial charge in [0.25, 0.3) is 5.91 Å². The van der Waals surface area contributed by atoms with Crippen LogP contribution in [0.3, 0.4) is 0 Å². The van der Waals surface area contributed by atoms with Crippen molar-refractivity contribution >= 4 is 28.6 Å². The fourth-order valence-electron chi connectivity index (χ4n) is 2.26. The van der Waals surface area contributed by atoms with Gasteiger partial charge in [-0.15, -0.1) is 0 Å². The van der Waals surface area contributed by atoms with E-state index in [1.807, 2.05) is 18.2 Å². The number of amides is 1. The highest BCUT2D eigenvalue weighted by Gasteiger charge is 2.17. The summed E-state index contributed by atoms with van der Waals surface area (Å²) >= 11 is -1.62. The normalized spacial score (nSPS) is 12.9. The van der Waals surface area contributed by atoms with E-state index in [-0.39, 0.29) is 23.8 Å². The van der Waals surface area contributed by atoms with Crippen LogP contribution in [0, 0.1) is 5.41 Å². The predicted molar refractivity (Wildman–Crippen MR) is 99.8 cm³/mol. The molecule has 2 rings (SSSR count). The third-order valence-electron chi connectivity index (χ3n) is 3.56. The lowest BCUT2D eigenvalue weighted by Gasteiger charge is -2.13. The van der Waals surface area contributed by atoms with Gasteiger partial charge in [0.2, 0.25) is 0 Å². The van der Waals surface area contributed by atoms with Crippen molar-refractivity contribution in [3.63, 3.8) is 0 Å². The van der Waals surface area contributed by atoms with Crippen molar-refractivity contribution in [3.8, 4) is 0 Å². The Labute approximate surface area is 150 Å². The number of hydrogen-bond acceptors (Lipinski definition) is 4. The summed E-state index contributed by atoms with van der Waals surface area (Å²) in [5.41, 5.74) is 1.93. The lowest BCUT2D eigenvalue weighted by atomic mass is 9.95. The number of nitrogens with one attached hydrogen (secondary N) is 2. The van der Waals surface area contributed by atoms with E-state index in [9.17, 15) is 14.5 Å². The number of carbonyl (C=O) groups is 1. The molecule has 0 saturated carbocycles. The van der Waals surface area contributed by atoms with E-state index in [1.54, 1.807) is 43.3 Å². The average Bonchev–Trinajstić information content (AvgIpc) is 2.62. The molecule has 1 atom stereocenters. The Morgan fingerprint density at radius 2 is 1.72 bits per heavy atom. The molecular formula is C19H20N2O3S. The maximum absolute atomic E-state index is 12.1. The molecule has 0 aliphatic rings. The van der Waals surface area contributed by atoms with Crippen LogP contribution in [-0.4, -0.2) is 21.3 Å². The molecule has 0 heterocycles. The second-order valence-corrected chi connectivity index (χ2v) is 6.59. The van der Waals surface area contributed by atoms with E-state index in [0.29, 0.717) is 21.6 Å². The molecule has 6 heteroatoms. The highest BCUT2D eigenvalue weighted by molar-refractivity contribution is 7.90. The topological polar surface area (TPSA) is 96.2 Å². The SMILES string of the molecule is CCC(=O)N[S+]([O-])c1ccc(/C(C(=N)c2ccccc2)=C(\C)O)cc1. The Morgan fingerprint density at radius 1 is 1.12 bits per heavy atom. The van der Waals surface area contributed by atoms with Gasteiger partial charge in [0.1, 0.15) is 11.4 Å². The predicted octanol–water partition coefficient (Wildman–Crippen LogP) is 3.59. The molecule has 0 aromatic heterocycles. The van der Waals surface area contributed by atoms with Gasteiger partial charge in [-0.05, 0) is 36.8 Å². The minimum absolute atomic E-state index is 0.0296. The molecule has 0 aliphatic heterocycles. The van der Waals surface area contributed by atoms with Gasteiger partial charge in [0, 0.05) is 17.6 Å². The van der Waals surface area contributed by atoms with E-state index < -0.39 is 11.4 Å². The van der Waals surface area contributed by atoms with Gasteiger partial charge < -0.3 is 9.66 Å². The molecule has 0 bridgehead atoms. The molecule has 25 heavy (non-hydrogen) atoms. The number of hydrogen-bond donors (Lipinski definition) is 3. The summed E-state index contributed by atoms with van der Waals surface area (Å²) in [6.07, 6.45) is 0.259. The zero-order valence-electron chi connectivity index (χ0n) is 14.1. The van der Waals surface area contributed by atoms with Crippen molar-refractivity contribution in [2.24, 2.45) is 0 Å². The standard InChI is InChI=1S/C19H20N2O3S/c1-3-17(23)21-25(24)16-11-9-14(10-12-16)18(13(2)22)19(20)15-7-5-4-6-8-15/h4-12,20,22H,3H2,1-2H3,(H,21,23)/b18-13-,20-19?. The monoisotopic (exact) mass is 356 g/mol. The molecule has 0 fully saturated rings. The number of aliphatic hydroxyl groups excluding tert-OH is 1. The van der Waals surface area contributed by atoms with Gasteiger partial charge in [0.05, 0.1) is 11.5 Å². The van der Waals surface area contributed by atoms with Crippen molar-refractivity contribution in [3.05, 3.63) is 71.5 Å². The van der Waals surface area contributed by atoms with E-state index in [1.165, 1.54) is 6.92 Å². The summed E-state index contributed by atoms with van der Waals surface area (Å²) < 4.78 is 14.5. The van der Waals surface area contributed by atoms with Crippen LogP contribution in [0.1, 0.15) is 31.4 Å². The number of rotatable bonds is 6. The Balaban J connectivity index is 2.28. The minimum atomic E-state index is -1.62. The maximum atomic E-state index is 12.1. The van der Waals surface area contributed by atoms with Crippen molar-refractivity contribution in [2.75, 3.05) is 0 Å².